The molecular weight excluding hydrogens is 296 g/mol. The van der Waals surface area contributed by atoms with Crippen LogP contribution in [0.15, 0.2) is 40.3 Å². The highest BCUT2D eigenvalue weighted by atomic mass is 35.5. The van der Waals surface area contributed by atoms with Crippen LogP contribution in [-0.2, 0) is 9.53 Å². The van der Waals surface area contributed by atoms with Gasteiger partial charge in [0, 0.05) is 16.0 Å². The molecule has 1 aliphatic rings. The fourth-order valence-corrected chi connectivity index (χ4v) is 2.50. The average molecular weight is 305 g/mol. The van der Waals surface area contributed by atoms with Gasteiger partial charge in [-0.25, -0.2) is 14.8 Å². The van der Waals surface area contributed by atoms with Crippen molar-refractivity contribution in [2.24, 2.45) is 4.99 Å². The van der Waals surface area contributed by atoms with Crippen LogP contribution in [-0.4, -0.2) is 16.9 Å². The SMILES string of the molecule is Cc1nc(/C=C2\N=C(c3cccc(Cl)c3)OC2=O)cs1. The summed E-state index contributed by atoms with van der Waals surface area (Å²) in [5.74, 6) is -0.221. The van der Waals surface area contributed by atoms with Gasteiger partial charge in [0.1, 0.15) is 0 Å². The number of aryl methyl sites for hydroxylation is 1. The van der Waals surface area contributed by atoms with E-state index in [1.54, 1.807) is 30.3 Å². The summed E-state index contributed by atoms with van der Waals surface area (Å²) in [7, 11) is 0. The minimum atomic E-state index is -0.481. The summed E-state index contributed by atoms with van der Waals surface area (Å²) in [5, 5.41) is 3.36. The molecule has 2 aromatic rings. The summed E-state index contributed by atoms with van der Waals surface area (Å²) < 4.78 is 5.15. The summed E-state index contributed by atoms with van der Waals surface area (Å²) in [6.07, 6.45) is 1.61. The van der Waals surface area contributed by atoms with Crippen LogP contribution in [0.2, 0.25) is 5.02 Å². The van der Waals surface area contributed by atoms with E-state index in [0.29, 0.717) is 16.3 Å². The summed E-state index contributed by atoms with van der Waals surface area (Å²) in [5.41, 5.74) is 1.62. The number of aliphatic imine (C=N–C) groups is 1. The van der Waals surface area contributed by atoms with Gasteiger partial charge >= 0.3 is 5.97 Å². The molecule has 0 unspecified atom stereocenters. The van der Waals surface area contributed by atoms with Gasteiger partial charge in [0.2, 0.25) is 5.90 Å². The third kappa shape index (κ3) is 2.64. The van der Waals surface area contributed by atoms with E-state index in [-0.39, 0.29) is 11.6 Å². The minimum Gasteiger partial charge on any atom is -0.402 e. The van der Waals surface area contributed by atoms with Gasteiger partial charge in [-0.3, -0.25) is 0 Å². The highest BCUT2D eigenvalue weighted by molar-refractivity contribution is 7.09. The summed E-state index contributed by atoms with van der Waals surface area (Å²) >= 11 is 7.42. The lowest BCUT2D eigenvalue weighted by Crippen LogP contribution is -2.05. The van der Waals surface area contributed by atoms with Crippen molar-refractivity contribution in [2.75, 3.05) is 0 Å². The van der Waals surface area contributed by atoms with Crippen molar-refractivity contribution < 1.29 is 9.53 Å². The van der Waals surface area contributed by atoms with E-state index >= 15 is 0 Å². The van der Waals surface area contributed by atoms with Crippen LogP contribution in [0.3, 0.4) is 0 Å². The Kier molecular flexibility index (Phi) is 3.38. The molecule has 0 amide bonds. The zero-order valence-electron chi connectivity index (χ0n) is 10.5. The highest BCUT2D eigenvalue weighted by Gasteiger charge is 2.24. The Bertz CT molecular complexity index is 749. The van der Waals surface area contributed by atoms with Gasteiger partial charge in [-0.05, 0) is 31.2 Å². The van der Waals surface area contributed by atoms with E-state index in [1.165, 1.54) is 11.3 Å². The second-order valence-electron chi connectivity index (χ2n) is 4.14. The number of nitrogens with zero attached hydrogens (tertiary/aromatic N) is 2. The topological polar surface area (TPSA) is 51.6 Å². The molecule has 0 N–H and O–H groups in total. The lowest BCUT2D eigenvalue weighted by atomic mass is 10.2. The minimum absolute atomic E-state index is 0.241. The number of thiazole rings is 1. The number of ether oxygens (including phenoxy) is 1. The molecule has 0 spiro atoms. The fraction of sp³-hybridized carbons (Fsp3) is 0.0714. The van der Waals surface area contributed by atoms with E-state index in [4.69, 9.17) is 16.3 Å². The first-order chi connectivity index (χ1) is 9.61. The molecule has 6 heteroatoms. The first-order valence-electron chi connectivity index (χ1n) is 5.82. The number of hydrogen-bond donors (Lipinski definition) is 0. The van der Waals surface area contributed by atoms with E-state index in [2.05, 4.69) is 9.98 Å². The van der Waals surface area contributed by atoms with Gasteiger partial charge in [0.15, 0.2) is 5.70 Å². The first kappa shape index (κ1) is 13.0. The summed E-state index contributed by atoms with van der Waals surface area (Å²) in [4.78, 5) is 20.3. The number of carbonyl (C=O) groups excluding carboxylic acids is 1. The number of halogens is 1. The van der Waals surface area contributed by atoms with Crippen molar-refractivity contribution in [1.82, 2.24) is 4.98 Å². The van der Waals surface area contributed by atoms with Gasteiger partial charge in [-0.2, -0.15) is 0 Å². The Labute approximate surface area is 124 Å². The van der Waals surface area contributed by atoms with Crippen LogP contribution in [0.1, 0.15) is 16.3 Å². The predicted octanol–water partition coefficient (Wildman–Crippen LogP) is 3.45. The molecular formula is C14H9ClN2O2S. The molecule has 0 radical (unpaired) electrons. The first-order valence-corrected chi connectivity index (χ1v) is 7.08. The molecule has 2 heterocycles. The number of esters is 1. The summed E-state index contributed by atoms with van der Waals surface area (Å²) in [6, 6.07) is 7.01. The molecule has 3 rings (SSSR count). The molecule has 20 heavy (non-hydrogen) atoms. The quantitative estimate of drug-likeness (QED) is 0.631. The van der Waals surface area contributed by atoms with E-state index in [1.807, 2.05) is 12.3 Å². The van der Waals surface area contributed by atoms with Crippen LogP contribution in [0, 0.1) is 6.92 Å². The maximum atomic E-state index is 11.8. The van der Waals surface area contributed by atoms with Crippen LogP contribution in [0.4, 0.5) is 0 Å². The molecule has 1 aliphatic heterocycles. The Morgan fingerprint density at radius 3 is 2.95 bits per heavy atom. The van der Waals surface area contributed by atoms with Crippen molar-refractivity contribution >= 4 is 40.9 Å². The van der Waals surface area contributed by atoms with E-state index in [9.17, 15) is 4.79 Å². The number of hydrogen-bond acceptors (Lipinski definition) is 5. The fourth-order valence-electron chi connectivity index (χ4n) is 1.74. The van der Waals surface area contributed by atoms with Gasteiger partial charge < -0.3 is 4.74 Å². The van der Waals surface area contributed by atoms with Crippen molar-refractivity contribution in [3.8, 4) is 0 Å². The monoisotopic (exact) mass is 304 g/mol. The van der Waals surface area contributed by atoms with Gasteiger partial charge in [-0.15, -0.1) is 11.3 Å². The molecule has 0 bridgehead atoms. The molecule has 4 nitrogen and oxygen atoms in total. The lowest BCUT2D eigenvalue weighted by molar-refractivity contribution is -0.129. The Morgan fingerprint density at radius 2 is 2.25 bits per heavy atom. The van der Waals surface area contributed by atoms with Crippen LogP contribution in [0.25, 0.3) is 6.08 Å². The van der Waals surface area contributed by atoms with Crippen LogP contribution < -0.4 is 0 Å². The van der Waals surface area contributed by atoms with Crippen LogP contribution >= 0.6 is 22.9 Å². The lowest BCUT2D eigenvalue weighted by Gasteiger charge is -1.98. The maximum Gasteiger partial charge on any atom is 0.363 e. The second kappa shape index (κ2) is 5.19. The molecule has 0 saturated heterocycles. The average Bonchev–Trinajstić information content (AvgIpc) is 2.97. The van der Waals surface area contributed by atoms with Crippen molar-refractivity contribution in [3.63, 3.8) is 0 Å². The predicted molar refractivity (Wildman–Crippen MR) is 78.9 cm³/mol. The molecule has 0 saturated carbocycles. The van der Waals surface area contributed by atoms with E-state index in [0.717, 1.165) is 5.01 Å². The molecule has 0 aliphatic carbocycles. The zero-order valence-corrected chi connectivity index (χ0v) is 12.0. The smallest absolute Gasteiger partial charge is 0.363 e. The molecule has 1 aromatic heterocycles. The van der Waals surface area contributed by atoms with Crippen molar-refractivity contribution in [3.05, 3.63) is 56.6 Å². The number of aromatic nitrogens is 1. The zero-order chi connectivity index (χ0) is 14.1. The van der Waals surface area contributed by atoms with Gasteiger partial charge in [-0.1, -0.05) is 17.7 Å². The molecule has 1 aromatic carbocycles. The number of cyclic esters (lactones) is 1. The Hall–Kier alpha value is -1.98. The standard InChI is InChI=1S/C14H9ClN2O2S/c1-8-16-11(7-20-8)6-12-14(18)19-13(17-12)9-3-2-4-10(15)5-9/h2-7H,1H3/b12-6-. The van der Waals surface area contributed by atoms with Crippen molar-refractivity contribution in [1.29, 1.82) is 0 Å². The number of carbonyl (C=O) groups is 1. The molecule has 0 atom stereocenters. The normalized spacial score (nSPS) is 16.4. The largest absolute Gasteiger partial charge is 0.402 e. The third-order valence-corrected chi connectivity index (χ3v) is 3.64. The number of rotatable bonds is 2. The molecule has 100 valence electrons. The second-order valence-corrected chi connectivity index (χ2v) is 5.64. The van der Waals surface area contributed by atoms with Crippen molar-refractivity contribution in [2.45, 2.75) is 6.92 Å². The van der Waals surface area contributed by atoms with Gasteiger partial charge in [0.05, 0.1) is 10.7 Å². The van der Waals surface area contributed by atoms with Gasteiger partial charge in [0.25, 0.3) is 0 Å². The highest BCUT2D eigenvalue weighted by Crippen LogP contribution is 2.21. The number of benzene rings is 1. The summed E-state index contributed by atoms with van der Waals surface area (Å²) in [6.45, 7) is 1.90. The Morgan fingerprint density at radius 1 is 1.40 bits per heavy atom. The Balaban J connectivity index is 1.94. The van der Waals surface area contributed by atoms with Crippen LogP contribution in [0.5, 0.6) is 0 Å². The van der Waals surface area contributed by atoms with E-state index < -0.39 is 5.97 Å². The third-order valence-electron chi connectivity index (χ3n) is 2.61. The maximum absolute atomic E-state index is 11.8. The molecule has 0 fully saturated rings.